The molecule has 0 unspecified atom stereocenters. The van der Waals surface area contributed by atoms with Crippen molar-refractivity contribution >= 4 is 25.2 Å². The van der Waals surface area contributed by atoms with Gasteiger partial charge in [0, 0.05) is 0 Å². The molecule has 4 aromatic carbocycles. The molecule has 0 saturated heterocycles. The topological polar surface area (TPSA) is 125 Å². The summed E-state index contributed by atoms with van der Waals surface area (Å²) < 4.78 is 21.6. The molecule has 0 aliphatic carbocycles. The lowest BCUT2D eigenvalue weighted by Crippen LogP contribution is -2.27. The van der Waals surface area contributed by atoms with Crippen molar-refractivity contribution in [2.24, 2.45) is 0 Å². The lowest BCUT2D eigenvalue weighted by molar-refractivity contribution is 0.274. The van der Waals surface area contributed by atoms with Crippen molar-refractivity contribution in [1.82, 2.24) is 0 Å². The van der Waals surface area contributed by atoms with Gasteiger partial charge in [0.25, 0.3) is 0 Å². The Balaban J connectivity index is 0.000000155. The summed E-state index contributed by atoms with van der Waals surface area (Å²) >= 11 is 0. The zero-order valence-electron chi connectivity index (χ0n) is 20.1. The summed E-state index contributed by atoms with van der Waals surface area (Å²) in [4.78, 5) is 0. The van der Waals surface area contributed by atoms with E-state index in [4.69, 9.17) is 29.3 Å². The molecular formula is C28H20B2N2O6. The van der Waals surface area contributed by atoms with Crippen LogP contribution in [0.25, 0.3) is 0 Å². The van der Waals surface area contributed by atoms with Crippen LogP contribution in [0.5, 0.6) is 23.0 Å². The van der Waals surface area contributed by atoms with Crippen LogP contribution in [-0.4, -0.2) is 24.3 Å². The molecule has 0 amide bonds. The molecule has 2 N–H and O–H groups in total. The molecule has 2 heterocycles. The van der Waals surface area contributed by atoms with Gasteiger partial charge in [0.15, 0.2) is 0 Å². The van der Waals surface area contributed by atoms with E-state index in [1.165, 1.54) is 0 Å². The monoisotopic (exact) mass is 502 g/mol. The first-order chi connectivity index (χ1) is 18.5. The number of hydrogen-bond acceptors (Lipinski definition) is 8. The number of rotatable bonds is 4. The molecule has 0 spiro atoms. The second-order valence-electron chi connectivity index (χ2n) is 8.52. The van der Waals surface area contributed by atoms with E-state index in [1.54, 1.807) is 72.8 Å². The molecule has 4 aromatic rings. The fourth-order valence-electron chi connectivity index (χ4n) is 4.01. The molecule has 6 rings (SSSR count). The van der Waals surface area contributed by atoms with Gasteiger partial charge in [-0.05, 0) is 94.8 Å². The second kappa shape index (κ2) is 11.2. The van der Waals surface area contributed by atoms with Crippen LogP contribution in [0.3, 0.4) is 0 Å². The third kappa shape index (κ3) is 5.70. The fourth-order valence-corrected chi connectivity index (χ4v) is 4.01. The Kier molecular flexibility index (Phi) is 7.41. The lowest BCUT2D eigenvalue weighted by atomic mass is 9.80. The van der Waals surface area contributed by atoms with Crippen LogP contribution in [0.1, 0.15) is 22.3 Å². The van der Waals surface area contributed by atoms with Crippen molar-refractivity contribution in [3.63, 3.8) is 0 Å². The average Bonchev–Trinajstić information content (AvgIpc) is 3.51. The van der Waals surface area contributed by atoms with Crippen molar-refractivity contribution in [2.45, 2.75) is 13.2 Å². The standard InChI is InChI=1S/2C14H10BNO3/c2*16-8-10-1-3-12(4-2-10)19-13-5-6-14-11(7-13)9-18-15(14)17/h2*1-7,17H,9H2. The summed E-state index contributed by atoms with van der Waals surface area (Å²) in [6.07, 6.45) is 0. The zero-order chi connectivity index (χ0) is 26.5. The van der Waals surface area contributed by atoms with E-state index in [0.29, 0.717) is 47.3 Å². The first-order valence-electron chi connectivity index (χ1n) is 11.7. The molecule has 0 fully saturated rings. The summed E-state index contributed by atoms with van der Waals surface area (Å²) in [5, 5.41) is 36.5. The minimum atomic E-state index is -0.834. The number of nitriles is 2. The van der Waals surface area contributed by atoms with Crippen molar-refractivity contribution in [1.29, 1.82) is 10.5 Å². The van der Waals surface area contributed by atoms with Crippen LogP contribution < -0.4 is 20.4 Å². The molecule has 2 aliphatic heterocycles. The van der Waals surface area contributed by atoms with Crippen LogP contribution in [0.2, 0.25) is 0 Å². The maximum absolute atomic E-state index is 9.53. The smallest absolute Gasteiger partial charge is 0.457 e. The number of benzene rings is 4. The van der Waals surface area contributed by atoms with Crippen LogP contribution in [0, 0.1) is 22.7 Å². The van der Waals surface area contributed by atoms with Crippen LogP contribution in [0.4, 0.5) is 0 Å². The van der Waals surface area contributed by atoms with Crippen molar-refractivity contribution in [3.05, 3.63) is 107 Å². The fraction of sp³-hybridized carbons (Fsp3) is 0.0714. The summed E-state index contributed by atoms with van der Waals surface area (Å²) in [5.74, 6) is 2.69. The zero-order valence-corrected chi connectivity index (χ0v) is 20.1. The molecule has 0 saturated carbocycles. The van der Waals surface area contributed by atoms with Gasteiger partial charge < -0.3 is 28.8 Å². The van der Waals surface area contributed by atoms with Crippen LogP contribution in [-0.2, 0) is 22.5 Å². The van der Waals surface area contributed by atoms with Gasteiger partial charge in [-0.25, -0.2) is 0 Å². The molecule has 0 aromatic heterocycles. The molecule has 0 radical (unpaired) electrons. The summed E-state index contributed by atoms with van der Waals surface area (Å²) in [7, 11) is -1.67. The molecule has 2 aliphatic rings. The Morgan fingerprint density at radius 2 is 0.947 bits per heavy atom. The molecule has 0 bridgehead atoms. The molecule has 0 atom stereocenters. The normalized spacial score (nSPS) is 12.9. The van der Waals surface area contributed by atoms with Crippen LogP contribution >= 0.6 is 0 Å². The minimum absolute atomic E-state index is 0.390. The SMILES string of the molecule is N#Cc1ccc(Oc2ccc3c(c2)COB3O)cc1.N#Cc1ccc(Oc2ccc3c(c2)COB3O)cc1. The van der Waals surface area contributed by atoms with Crippen molar-refractivity contribution < 1.29 is 28.8 Å². The quantitative estimate of drug-likeness (QED) is 0.408. The highest BCUT2D eigenvalue weighted by Gasteiger charge is 2.28. The number of fused-ring (bicyclic) bond motifs is 2. The predicted molar refractivity (Wildman–Crippen MR) is 140 cm³/mol. The maximum atomic E-state index is 9.53. The Morgan fingerprint density at radius 3 is 1.32 bits per heavy atom. The van der Waals surface area contributed by atoms with Gasteiger partial charge in [0.2, 0.25) is 0 Å². The Hall–Kier alpha value is -4.57. The lowest BCUT2D eigenvalue weighted by Gasteiger charge is -2.07. The highest BCUT2D eigenvalue weighted by molar-refractivity contribution is 6.62. The van der Waals surface area contributed by atoms with Gasteiger partial charge >= 0.3 is 14.2 Å². The van der Waals surface area contributed by atoms with Gasteiger partial charge in [0.05, 0.1) is 36.5 Å². The summed E-state index contributed by atoms with van der Waals surface area (Å²) in [5.41, 5.74) is 4.62. The molecule has 38 heavy (non-hydrogen) atoms. The van der Waals surface area contributed by atoms with Gasteiger partial charge in [-0.2, -0.15) is 10.5 Å². The molecule has 8 nitrogen and oxygen atoms in total. The Morgan fingerprint density at radius 1 is 0.579 bits per heavy atom. The third-order valence-corrected chi connectivity index (χ3v) is 5.99. The van der Waals surface area contributed by atoms with Crippen molar-refractivity contribution in [2.75, 3.05) is 0 Å². The van der Waals surface area contributed by atoms with Gasteiger partial charge in [0.1, 0.15) is 23.0 Å². The first-order valence-corrected chi connectivity index (χ1v) is 11.7. The van der Waals surface area contributed by atoms with E-state index >= 15 is 0 Å². The van der Waals surface area contributed by atoms with E-state index in [1.807, 2.05) is 12.1 Å². The van der Waals surface area contributed by atoms with E-state index in [2.05, 4.69) is 12.1 Å². The largest absolute Gasteiger partial charge is 0.491 e. The third-order valence-electron chi connectivity index (χ3n) is 5.99. The summed E-state index contributed by atoms with van der Waals surface area (Å²) in [6.45, 7) is 0.780. The second-order valence-corrected chi connectivity index (χ2v) is 8.52. The van der Waals surface area contributed by atoms with Crippen molar-refractivity contribution in [3.8, 4) is 35.1 Å². The van der Waals surface area contributed by atoms with E-state index in [0.717, 1.165) is 22.1 Å². The van der Waals surface area contributed by atoms with Crippen LogP contribution in [0.15, 0.2) is 84.9 Å². The molecule has 10 heteroatoms. The van der Waals surface area contributed by atoms with E-state index in [-0.39, 0.29) is 0 Å². The summed E-state index contributed by atoms with van der Waals surface area (Å²) in [6, 6.07) is 28.8. The first kappa shape index (κ1) is 25.1. The highest BCUT2D eigenvalue weighted by Crippen LogP contribution is 2.25. The minimum Gasteiger partial charge on any atom is -0.457 e. The number of ether oxygens (including phenoxy) is 2. The molecule has 184 valence electrons. The van der Waals surface area contributed by atoms with Gasteiger partial charge in [-0.15, -0.1) is 0 Å². The molecular weight excluding hydrogens is 482 g/mol. The number of nitrogens with zero attached hydrogens (tertiary/aromatic N) is 2. The predicted octanol–water partition coefficient (Wildman–Crippen LogP) is 3.14. The number of hydrogen-bond donors (Lipinski definition) is 2. The van der Waals surface area contributed by atoms with Gasteiger partial charge in [-0.1, -0.05) is 12.1 Å². The Labute approximate surface area is 220 Å². The van der Waals surface area contributed by atoms with E-state index < -0.39 is 14.2 Å². The average molecular weight is 502 g/mol. The maximum Gasteiger partial charge on any atom is 0.491 e. The van der Waals surface area contributed by atoms with Gasteiger partial charge in [-0.3, -0.25) is 0 Å². The highest BCUT2D eigenvalue weighted by atomic mass is 16.5. The van der Waals surface area contributed by atoms with E-state index in [9.17, 15) is 10.0 Å². The Bertz CT molecular complexity index is 1410.